The van der Waals surface area contributed by atoms with Crippen LogP contribution in [0.15, 0.2) is 18.2 Å². The zero-order valence-electron chi connectivity index (χ0n) is 10.4. The van der Waals surface area contributed by atoms with E-state index in [2.05, 4.69) is 16.0 Å². The van der Waals surface area contributed by atoms with Crippen molar-refractivity contribution >= 4 is 29.2 Å². The van der Waals surface area contributed by atoms with Crippen LogP contribution in [0.5, 0.6) is 0 Å². The van der Waals surface area contributed by atoms with Crippen molar-refractivity contribution < 1.29 is 14.0 Å². The van der Waals surface area contributed by atoms with Gasteiger partial charge in [-0.1, -0.05) is 24.6 Å². The van der Waals surface area contributed by atoms with E-state index in [9.17, 15) is 14.0 Å². The highest BCUT2D eigenvalue weighted by Gasteiger charge is 2.10. The van der Waals surface area contributed by atoms with Crippen LogP contribution >= 0.6 is 11.6 Å². The number of carbonyl (C=O) groups excluding carboxylic acids is 2. The highest BCUT2D eigenvalue weighted by atomic mass is 35.5. The number of benzene rings is 1. The largest absolute Gasteiger partial charge is 0.355 e. The SMILES string of the molecule is CCCNC(=O)CNC(=O)Nc1cccc(Cl)c1F. The van der Waals surface area contributed by atoms with Gasteiger partial charge in [-0.25, -0.2) is 9.18 Å². The molecule has 0 unspecified atom stereocenters. The summed E-state index contributed by atoms with van der Waals surface area (Å²) >= 11 is 5.57. The van der Waals surface area contributed by atoms with E-state index in [0.717, 1.165) is 6.42 Å². The van der Waals surface area contributed by atoms with Gasteiger partial charge < -0.3 is 16.0 Å². The number of carbonyl (C=O) groups is 2. The molecule has 19 heavy (non-hydrogen) atoms. The number of hydrogen-bond acceptors (Lipinski definition) is 2. The topological polar surface area (TPSA) is 70.2 Å². The predicted molar refractivity (Wildman–Crippen MR) is 71.7 cm³/mol. The first-order valence-electron chi connectivity index (χ1n) is 5.80. The smallest absolute Gasteiger partial charge is 0.319 e. The maximum Gasteiger partial charge on any atom is 0.319 e. The van der Waals surface area contributed by atoms with Gasteiger partial charge in [-0.3, -0.25) is 4.79 Å². The normalized spacial score (nSPS) is 9.84. The van der Waals surface area contributed by atoms with E-state index in [4.69, 9.17) is 11.6 Å². The second kappa shape index (κ2) is 7.58. The minimum absolute atomic E-state index is 0.0426. The molecule has 0 aliphatic rings. The Bertz CT molecular complexity index is 468. The van der Waals surface area contributed by atoms with Crippen LogP contribution in [0.25, 0.3) is 0 Å². The molecule has 0 aliphatic heterocycles. The summed E-state index contributed by atoms with van der Waals surface area (Å²) in [6.45, 7) is 2.29. The molecule has 0 heterocycles. The van der Waals surface area contributed by atoms with Gasteiger partial charge in [0.1, 0.15) is 0 Å². The van der Waals surface area contributed by atoms with Crippen molar-refractivity contribution in [2.45, 2.75) is 13.3 Å². The van der Waals surface area contributed by atoms with Crippen molar-refractivity contribution in [1.29, 1.82) is 0 Å². The van der Waals surface area contributed by atoms with Crippen LogP contribution in [-0.4, -0.2) is 25.0 Å². The van der Waals surface area contributed by atoms with Gasteiger partial charge in [0, 0.05) is 6.54 Å². The van der Waals surface area contributed by atoms with Gasteiger partial charge in [0.2, 0.25) is 5.91 Å². The first-order valence-corrected chi connectivity index (χ1v) is 6.18. The summed E-state index contributed by atoms with van der Waals surface area (Å²) in [6.07, 6.45) is 0.811. The van der Waals surface area contributed by atoms with Gasteiger partial charge in [0.15, 0.2) is 5.82 Å². The van der Waals surface area contributed by atoms with Crippen molar-refractivity contribution in [2.24, 2.45) is 0 Å². The second-order valence-electron chi connectivity index (χ2n) is 3.76. The molecule has 0 aliphatic carbocycles. The number of halogens is 2. The minimum atomic E-state index is -0.713. The summed E-state index contributed by atoms with van der Waals surface area (Å²) in [7, 11) is 0. The summed E-state index contributed by atoms with van der Waals surface area (Å²) in [5.41, 5.74) is -0.0426. The van der Waals surface area contributed by atoms with Gasteiger partial charge in [-0.2, -0.15) is 0 Å². The van der Waals surface area contributed by atoms with Gasteiger partial charge in [-0.05, 0) is 18.6 Å². The molecule has 0 bridgehead atoms. The van der Waals surface area contributed by atoms with E-state index in [1.54, 1.807) is 0 Å². The molecular weight excluding hydrogens is 273 g/mol. The van der Waals surface area contributed by atoms with Crippen molar-refractivity contribution in [3.8, 4) is 0 Å². The molecule has 0 atom stereocenters. The standard InChI is InChI=1S/C12H15ClFN3O2/c1-2-6-15-10(18)7-16-12(19)17-9-5-3-4-8(13)11(9)14/h3-5H,2,6-7H2,1H3,(H,15,18)(H2,16,17,19). The van der Waals surface area contributed by atoms with Gasteiger partial charge >= 0.3 is 6.03 Å². The Kier molecular flexibility index (Phi) is 6.08. The molecule has 0 saturated heterocycles. The summed E-state index contributed by atoms with van der Waals surface area (Å²) in [4.78, 5) is 22.7. The average Bonchev–Trinajstić information content (AvgIpc) is 2.39. The van der Waals surface area contributed by atoms with Crippen LogP contribution < -0.4 is 16.0 Å². The number of anilines is 1. The Morgan fingerprint density at radius 2 is 2.05 bits per heavy atom. The van der Waals surface area contributed by atoms with Crippen molar-refractivity contribution in [1.82, 2.24) is 10.6 Å². The highest BCUT2D eigenvalue weighted by Crippen LogP contribution is 2.21. The summed E-state index contributed by atoms with van der Waals surface area (Å²) in [5, 5.41) is 7.10. The number of nitrogens with one attached hydrogen (secondary N) is 3. The van der Waals surface area contributed by atoms with Crippen LogP contribution in [0.1, 0.15) is 13.3 Å². The average molecular weight is 288 g/mol. The Morgan fingerprint density at radius 3 is 2.74 bits per heavy atom. The Hall–Kier alpha value is -1.82. The fourth-order valence-corrected chi connectivity index (χ4v) is 1.43. The Balaban J connectivity index is 2.43. The van der Waals surface area contributed by atoms with Crippen LogP contribution in [-0.2, 0) is 4.79 Å². The van der Waals surface area contributed by atoms with Gasteiger partial charge in [-0.15, -0.1) is 0 Å². The molecular formula is C12H15ClFN3O2. The molecule has 3 amide bonds. The molecule has 1 aromatic rings. The fraction of sp³-hybridized carbons (Fsp3) is 0.333. The molecule has 3 N–H and O–H groups in total. The highest BCUT2D eigenvalue weighted by molar-refractivity contribution is 6.31. The fourth-order valence-electron chi connectivity index (χ4n) is 1.25. The zero-order valence-corrected chi connectivity index (χ0v) is 11.2. The molecule has 0 fully saturated rings. The first-order chi connectivity index (χ1) is 9.04. The number of amides is 3. The van der Waals surface area contributed by atoms with Crippen molar-refractivity contribution in [3.05, 3.63) is 29.0 Å². The third-order valence-corrected chi connectivity index (χ3v) is 2.47. The van der Waals surface area contributed by atoms with Crippen molar-refractivity contribution in [2.75, 3.05) is 18.4 Å². The van der Waals surface area contributed by atoms with Crippen LogP contribution in [0.4, 0.5) is 14.9 Å². The maximum absolute atomic E-state index is 13.5. The summed E-state index contributed by atoms with van der Waals surface area (Å²) < 4.78 is 13.5. The van der Waals surface area contributed by atoms with E-state index in [1.807, 2.05) is 6.92 Å². The van der Waals surface area contributed by atoms with Crippen molar-refractivity contribution in [3.63, 3.8) is 0 Å². The lowest BCUT2D eigenvalue weighted by molar-refractivity contribution is -0.120. The second-order valence-corrected chi connectivity index (χ2v) is 4.17. The third-order valence-electron chi connectivity index (χ3n) is 2.18. The lowest BCUT2D eigenvalue weighted by Gasteiger charge is -2.09. The van der Waals surface area contributed by atoms with E-state index in [-0.39, 0.29) is 23.2 Å². The Labute approximate surface area is 115 Å². The van der Waals surface area contributed by atoms with E-state index in [0.29, 0.717) is 6.54 Å². The number of urea groups is 1. The molecule has 0 saturated carbocycles. The quantitative estimate of drug-likeness (QED) is 0.776. The lowest BCUT2D eigenvalue weighted by Crippen LogP contribution is -2.39. The van der Waals surface area contributed by atoms with Gasteiger partial charge in [0.05, 0.1) is 17.3 Å². The molecule has 7 heteroatoms. The molecule has 0 radical (unpaired) electrons. The maximum atomic E-state index is 13.5. The monoisotopic (exact) mass is 287 g/mol. The number of rotatable bonds is 5. The molecule has 0 spiro atoms. The van der Waals surface area contributed by atoms with E-state index < -0.39 is 11.8 Å². The molecule has 0 aromatic heterocycles. The van der Waals surface area contributed by atoms with Crippen LogP contribution in [0, 0.1) is 5.82 Å². The predicted octanol–water partition coefficient (Wildman–Crippen LogP) is 2.13. The number of hydrogen-bond donors (Lipinski definition) is 3. The molecule has 104 valence electrons. The summed E-state index contributed by atoms with van der Waals surface area (Å²) in [6, 6.07) is 3.58. The van der Waals surface area contributed by atoms with E-state index >= 15 is 0 Å². The third kappa shape index (κ3) is 5.13. The van der Waals surface area contributed by atoms with Crippen LogP contribution in [0.3, 0.4) is 0 Å². The lowest BCUT2D eigenvalue weighted by atomic mass is 10.3. The zero-order chi connectivity index (χ0) is 14.3. The first kappa shape index (κ1) is 15.2. The molecule has 1 rings (SSSR count). The molecule has 1 aromatic carbocycles. The van der Waals surface area contributed by atoms with Gasteiger partial charge in [0.25, 0.3) is 0 Å². The van der Waals surface area contributed by atoms with Crippen LogP contribution in [0.2, 0.25) is 5.02 Å². The summed E-state index contributed by atoms with van der Waals surface area (Å²) in [5.74, 6) is -1.02. The minimum Gasteiger partial charge on any atom is -0.355 e. The van der Waals surface area contributed by atoms with E-state index in [1.165, 1.54) is 18.2 Å². The molecule has 5 nitrogen and oxygen atoms in total. The Morgan fingerprint density at radius 1 is 1.32 bits per heavy atom.